The maximum atomic E-state index is 14.2. The van der Waals surface area contributed by atoms with E-state index >= 15 is 0 Å². The van der Waals surface area contributed by atoms with Crippen LogP contribution in [0.25, 0.3) is 0 Å². The first-order valence-corrected chi connectivity index (χ1v) is 13.2. The van der Waals surface area contributed by atoms with Gasteiger partial charge in [-0.3, -0.25) is 4.79 Å². The average molecular weight is 519 g/mol. The van der Waals surface area contributed by atoms with E-state index in [1.807, 2.05) is 67.3 Å². The molecule has 3 rings (SSSR count). The standard InChI is InChI=1S/C29H37Cl2NO3/c1-4-16-29(3)19-24(21-9-8-10-23(31)18-21)27(20-12-14-22(30)15-13-20)32(28(29)35)25(5-2)26(34)11-6-7-17-33/h4,8-10,12-15,18,24-27,33-34H,1,5-7,11,16-17,19H2,2-3H3/t24?,25-,26?,27?,29-/m0/s1. The van der Waals surface area contributed by atoms with Gasteiger partial charge in [-0.05, 0) is 73.9 Å². The average Bonchev–Trinajstić information content (AvgIpc) is 2.83. The molecule has 1 amide bonds. The monoisotopic (exact) mass is 517 g/mol. The number of amides is 1. The van der Waals surface area contributed by atoms with E-state index in [0.717, 1.165) is 11.1 Å². The first-order valence-electron chi connectivity index (χ1n) is 12.5. The molecule has 35 heavy (non-hydrogen) atoms. The van der Waals surface area contributed by atoms with Gasteiger partial charge < -0.3 is 15.1 Å². The number of benzene rings is 2. The van der Waals surface area contributed by atoms with Gasteiger partial charge in [0.2, 0.25) is 5.91 Å². The third-order valence-electron chi connectivity index (χ3n) is 7.31. The summed E-state index contributed by atoms with van der Waals surface area (Å²) in [7, 11) is 0. The van der Waals surface area contributed by atoms with E-state index in [1.165, 1.54) is 0 Å². The van der Waals surface area contributed by atoms with E-state index < -0.39 is 11.5 Å². The highest BCUT2D eigenvalue weighted by Gasteiger charge is 2.51. The Morgan fingerprint density at radius 1 is 1.14 bits per heavy atom. The second-order valence-corrected chi connectivity index (χ2v) is 10.8. The number of nitrogens with zero attached hydrogens (tertiary/aromatic N) is 1. The lowest BCUT2D eigenvalue weighted by Gasteiger charge is -2.53. The van der Waals surface area contributed by atoms with Gasteiger partial charge >= 0.3 is 0 Å². The van der Waals surface area contributed by atoms with Crippen molar-refractivity contribution in [3.05, 3.63) is 82.4 Å². The molecule has 3 unspecified atom stereocenters. The number of aliphatic hydroxyl groups is 2. The molecule has 1 heterocycles. The molecular formula is C29H37Cl2NO3. The minimum Gasteiger partial charge on any atom is -0.396 e. The Balaban J connectivity index is 2.17. The summed E-state index contributed by atoms with van der Waals surface area (Å²) in [6, 6.07) is 14.9. The number of carbonyl (C=O) groups is 1. The quantitative estimate of drug-likeness (QED) is 0.250. The molecule has 1 fully saturated rings. The van der Waals surface area contributed by atoms with Crippen LogP contribution in [0.1, 0.15) is 75.5 Å². The van der Waals surface area contributed by atoms with E-state index in [1.54, 1.807) is 0 Å². The SMILES string of the molecule is C=CC[C@@]1(C)CC(c2cccc(Cl)c2)C(c2ccc(Cl)cc2)N([C@@H](CC)C(O)CCCCO)C1=O. The largest absolute Gasteiger partial charge is 0.396 e. The molecule has 0 saturated carbocycles. The number of unbranched alkanes of at least 4 members (excludes halogenated alkanes) is 1. The molecule has 5 atom stereocenters. The number of hydrogen-bond acceptors (Lipinski definition) is 3. The number of carbonyl (C=O) groups excluding carboxylic acids is 1. The second kappa shape index (κ2) is 12.4. The maximum absolute atomic E-state index is 14.2. The molecule has 4 nitrogen and oxygen atoms in total. The van der Waals surface area contributed by atoms with Crippen LogP contribution in [0.3, 0.4) is 0 Å². The molecule has 0 aromatic heterocycles. The first kappa shape index (κ1) is 27.7. The van der Waals surface area contributed by atoms with E-state index in [0.29, 0.717) is 48.6 Å². The van der Waals surface area contributed by atoms with Gasteiger partial charge in [0.05, 0.1) is 23.6 Å². The summed E-state index contributed by atoms with van der Waals surface area (Å²) in [6.45, 7) is 8.04. The zero-order valence-electron chi connectivity index (χ0n) is 20.7. The van der Waals surface area contributed by atoms with Gasteiger partial charge in [0.25, 0.3) is 0 Å². The minimum atomic E-state index is -0.698. The van der Waals surface area contributed by atoms with Gasteiger partial charge in [-0.1, -0.05) is 67.4 Å². The highest BCUT2D eigenvalue weighted by Crippen LogP contribution is 2.52. The van der Waals surface area contributed by atoms with E-state index in [-0.39, 0.29) is 30.5 Å². The van der Waals surface area contributed by atoms with E-state index in [2.05, 4.69) is 12.6 Å². The topological polar surface area (TPSA) is 60.8 Å². The summed E-state index contributed by atoms with van der Waals surface area (Å²) >= 11 is 12.6. The third kappa shape index (κ3) is 6.29. The van der Waals surface area contributed by atoms with Crippen LogP contribution >= 0.6 is 23.2 Å². The van der Waals surface area contributed by atoms with E-state index in [9.17, 15) is 15.0 Å². The van der Waals surface area contributed by atoms with Crippen molar-refractivity contribution in [3.8, 4) is 0 Å². The second-order valence-electron chi connectivity index (χ2n) is 9.89. The fourth-order valence-electron chi connectivity index (χ4n) is 5.56. The predicted molar refractivity (Wildman–Crippen MR) is 144 cm³/mol. The Labute approximate surface area is 219 Å². The number of rotatable bonds is 11. The molecule has 1 saturated heterocycles. The van der Waals surface area contributed by atoms with Crippen LogP contribution in [-0.4, -0.2) is 39.8 Å². The smallest absolute Gasteiger partial charge is 0.229 e. The van der Waals surface area contributed by atoms with Gasteiger partial charge in [0, 0.05) is 22.6 Å². The van der Waals surface area contributed by atoms with Crippen molar-refractivity contribution < 1.29 is 15.0 Å². The van der Waals surface area contributed by atoms with Crippen LogP contribution in [0.2, 0.25) is 10.0 Å². The Kier molecular flexibility index (Phi) is 9.83. The summed E-state index contributed by atoms with van der Waals surface area (Å²) in [4.78, 5) is 16.2. The normalized spacial score (nSPS) is 24.3. The predicted octanol–water partition coefficient (Wildman–Crippen LogP) is 6.94. The van der Waals surface area contributed by atoms with Crippen LogP contribution in [0, 0.1) is 5.41 Å². The molecule has 0 spiro atoms. The van der Waals surface area contributed by atoms with Crippen molar-refractivity contribution in [3.63, 3.8) is 0 Å². The third-order valence-corrected chi connectivity index (χ3v) is 7.80. The Hall–Kier alpha value is -1.85. The maximum Gasteiger partial charge on any atom is 0.229 e. The molecule has 190 valence electrons. The number of hydrogen-bond donors (Lipinski definition) is 2. The highest BCUT2D eigenvalue weighted by atomic mass is 35.5. The van der Waals surface area contributed by atoms with Gasteiger partial charge in [0.15, 0.2) is 0 Å². The van der Waals surface area contributed by atoms with Crippen molar-refractivity contribution >= 4 is 29.1 Å². The van der Waals surface area contributed by atoms with E-state index in [4.69, 9.17) is 23.2 Å². The zero-order chi connectivity index (χ0) is 25.6. The molecule has 0 aliphatic carbocycles. The molecule has 2 N–H and O–H groups in total. The molecule has 1 aliphatic rings. The molecule has 6 heteroatoms. The Morgan fingerprint density at radius 2 is 1.86 bits per heavy atom. The Bertz CT molecular complexity index is 996. The lowest BCUT2D eigenvalue weighted by atomic mass is 9.66. The summed E-state index contributed by atoms with van der Waals surface area (Å²) in [5.74, 6) is -0.0000893. The zero-order valence-corrected chi connectivity index (χ0v) is 22.2. The van der Waals surface area contributed by atoms with Crippen molar-refractivity contribution in [1.29, 1.82) is 0 Å². The molecule has 0 radical (unpaired) electrons. The van der Waals surface area contributed by atoms with Crippen LogP contribution in [0.5, 0.6) is 0 Å². The fourth-order valence-corrected chi connectivity index (χ4v) is 5.89. The van der Waals surface area contributed by atoms with Crippen LogP contribution in [0.4, 0.5) is 0 Å². The van der Waals surface area contributed by atoms with Crippen molar-refractivity contribution in [2.45, 2.75) is 76.5 Å². The summed E-state index contributed by atoms with van der Waals surface area (Å²) < 4.78 is 0. The molecule has 1 aliphatic heterocycles. The van der Waals surface area contributed by atoms with Gasteiger partial charge in [-0.15, -0.1) is 6.58 Å². The van der Waals surface area contributed by atoms with Gasteiger partial charge in [0.1, 0.15) is 0 Å². The van der Waals surface area contributed by atoms with Crippen LogP contribution in [-0.2, 0) is 4.79 Å². The van der Waals surface area contributed by atoms with Gasteiger partial charge in [-0.25, -0.2) is 0 Å². The fraction of sp³-hybridized carbons (Fsp3) is 0.483. The van der Waals surface area contributed by atoms with Gasteiger partial charge in [-0.2, -0.15) is 0 Å². The Morgan fingerprint density at radius 3 is 2.46 bits per heavy atom. The number of likely N-dealkylation sites (tertiary alicyclic amines) is 1. The number of aliphatic hydroxyl groups excluding tert-OH is 2. The van der Waals surface area contributed by atoms with Crippen molar-refractivity contribution in [1.82, 2.24) is 4.90 Å². The lowest BCUT2D eigenvalue weighted by molar-refractivity contribution is -0.158. The number of halogens is 2. The number of piperidine rings is 1. The molecule has 2 aromatic carbocycles. The van der Waals surface area contributed by atoms with Crippen molar-refractivity contribution in [2.75, 3.05) is 6.61 Å². The molecule has 0 bridgehead atoms. The van der Waals surface area contributed by atoms with Crippen LogP contribution in [0.15, 0.2) is 61.2 Å². The lowest BCUT2D eigenvalue weighted by Crippen LogP contribution is -2.58. The first-order chi connectivity index (χ1) is 16.8. The highest BCUT2D eigenvalue weighted by molar-refractivity contribution is 6.30. The molecule has 2 aromatic rings. The minimum absolute atomic E-state index is 0.0312. The summed E-state index contributed by atoms with van der Waals surface area (Å²) in [5, 5.41) is 21.8. The summed E-state index contributed by atoms with van der Waals surface area (Å²) in [6.07, 6.45) is 4.76. The molecular weight excluding hydrogens is 481 g/mol. The van der Waals surface area contributed by atoms with Crippen molar-refractivity contribution in [2.24, 2.45) is 5.41 Å². The number of allylic oxidation sites excluding steroid dienone is 1. The van der Waals surface area contributed by atoms with Crippen LogP contribution < -0.4 is 0 Å². The summed E-state index contributed by atoms with van der Waals surface area (Å²) in [5.41, 5.74) is 1.39.